The number of hydrogen-bond acceptors (Lipinski definition) is 2. The van der Waals surface area contributed by atoms with Gasteiger partial charge in [-0.05, 0) is 36.1 Å². The van der Waals surface area contributed by atoms with Crippen molar-refractivity contribution >= 4 is 5.91 Å². The molecule has 0 aliphatic rings. The Morgan fingerprint density at radius 1 is 0.889 bits per heavy atom. The van der Waals surface area contributed by atoms with Crippen molar-refractivity contribution in [2.45, 2.75) is 25.8 Å². The van der Waals surface area contributed by atoms with Gasteiger partial charge in [-0.3, -0.25) is 4.79 Å². The maximum atomic E-state index is 12.7. The second-order valence-corrected chi connectivity index (χ2v) is 6.63. The van der Waals surface area contributed by atoms with Crippen molar-refractivity contribution in [1.82, 2.24) is 5.32 Å². The van der Waals surface area contributed by atoms with Crippen molar-refractivity contribution in [2.75, 3.05) is 7.11 Å². The first kappa shape index (κ1) is 18.7. The molecule has 3 aromatic carbocycles. The monoisotopic (exact) mass is 359 g/mol. The van der Waals surface area contributed by atoms with Gasteiger partial charge >= 0.3 is 0 Å². The summed E-state index contributed by atoms with van der Waals surface area (Å²) in [6.07, 6.45) is 1.06. The third-order valence-corrected chi connectivity index (χ3v) is 4.66. The van der Waals surface area contributed by atoms with Crippen LogP contribution < -0.4 is 10.1 Å². The molecular weight excluding hydrogens is 334 g/mol. The Kier molecular flexibility index (Phi) is 6.26. The first-order chi connectivity index (χ1) is 13.2. The summed E-state index contributed by atoms with van der Waals surface area (Å²) in [5, 5.41) is 3.20. The smallest absolute Gasteiger partial charge is 0.221 e. The molecular formula is C24H25NO2. The standard InChI is InChI=1S/C24H25NO2/c1-18-12-14-21(15-13-18)24(20-9-4-3-5-10-20)25-23(26)17-16-19-8-6-7-11-22(19)27-2/h3-15,24H,16-17H2,1-2H3,(H,25,26). The van der Waals surface area contributed by atoms with Gasteiger partial charge < -0.3 is 10.1 Å². The van der Waals surface area contributed by atoms with E-state index in [9.17, 15) is 4.79 Å². The SMILES string of the molecule is COc1ccccc1CCC(=O)NC(c1ccccc1)c1ccc(C)cc1. The number of nitrogens with one attached hydrogen (secondary N) is 1. The molecule has 0 aromatic heterocycles. The van der Waals surface area contributed by atoms with E-state index in [1.165, 1.54) is 5.56 Å². The Hall–Kier alpha value is -3.07. The van der Waals surface area contributed by atoms with E-state index in [2.05, 4.69) is 36.5 Å². The number of methoxy groups -OCH3 is 1. The van der Waals surface area contributed by atoms with Crippen LogP contribution in [0.25, 0.3) is 0 Å². The van der Waals surface area contributed by atoms with Gasteiger partial charge in [0, 0.05) is 6.42 Å². The van der Waals surface area contributed by atoms with Crippen molar-refractivity contribution in [3.05, 3.63) is 101 Å². The van der Waals surface area contributed by atoms with Crippen molar-refractivity contribution in [1.29, 1.82) is 0 Å². The van der Waals surface area contributed by atoms with E-state index < -0.39 is 0 Å². The summed E-state index contributed by atoms with van der Waals surface area (Å²) >= 11 is 0. The number of aryl methyl sites for hydroxylation is 2. The Labute approximate surface area is 161 Å². The maximum absolute atomic E-state index is 12.7. The molecule has 0 aliphatic heterocycles. The fourth-order valence-corrected chi connectivity index (χ4v) is 3.15. The van der Waals surface area contributed by atoms with Gasteiger partial charge in [0.15, 0.2) is 0 Å². The second-order valence-electron chi connectivity index (χ2n) is 6.63. The molecule has 1 N–H and O–H groups in total. The van der Waals surface area contributed by atoms with E-state index in [0.717, 1.165) is 22.4 Å². The Balaban J connectivity index is 1.74. The highest BCUT2D eigenvalue weighted by Gasteiger charge is 2.17. The quantitative estimate of drug-likeness (QED) is 0.655. The molecule has 0 radical (unpaired) electrons. The number of rotatable bonds is 7. The van der Waals surface area contributed by atoms with Crippen LogP contribution in [-0.2, 0) is 11.2 Å². The Bertz CT molecular complexity index is 872. The van der Waals surface area contributed by atoms with Crippen LogP contribution in [0.2, 0.25) is 0 Å². The van der Waals surface area contributed by atoms with Crippen LogP contribution in [0.3, 0.4) is 0 Å². The van der Waals surface area contributed by atoms with E-state index in [1.54, 1.807) is 7.11 Å². The zero-order valence-electron chi connectivity index (χ0n) is 15.8. The van der Waals surface area contributed by atoms with Crippen LogP contribution >= 0.6 is 0 Å². The number of hydrogen-bond donors (Lipinski definition) is 1. The third kappa shape index (κ3) is 4.98. The molecule has 3 aromatic rings. The minimum atomic E-state index is -0.156. The molecule has 1 unspecified atom stereocenters. The number of carbonyl (C=O) groups is 1. The summed E-state index contributed by atoms with van der Waals surface area (Å²) < 4.78 is 5.38. The van der Waals surface area contributed by atoms with E-state index in [-0.39, 0.29) is 11.9 Å². The topological polar surface area (TPSA) is 38.3 Å². The molecule has 0 spiro atoms. The predicted molar refractivity (Wildman–Crippen MR) is 109 cm³/mol. The van der Waals surface area contributed by atoms with Gasteiger partial charge in [0.05, 0.1) is 13.2 Å². The highest BCUT2D eigenvalue weighted by atomic mass is 16.5. The lowest BCUT2D eigenvalue weighted by molar-refractivity contribution is -0.121. The van der Waals surface area contributed by atoms with Crippen LogP contribution in [0.15, 0.2) is 78.9 Å². The normalized spacial score (nSPS) is 11.6. The van der Waals surface area contributed by atoms with Gasteiger partial charge in [0.25, 0.3) is 0 Å². The van der Waals surface area contributed by atoms with Gasteiger partial charge in [-0.1, -0.05) is 78.4 Å². The fraction of sp³-hybridized carbons (Fsp3) is 0.208. The molecule has 3 rings (SSSR count). The molecule has 27 heavy (non-hydrogen) atoms. The van der Waals surface area contributed by atoms with E-state index in [1.807, 2.05) is 54.6 Å². The Morgan fingerprint density at radius 3 is 2.22 bits per heavy atom. The highest BCUT2D eigenvalue weighted by Crippen LogP contribution is 2.23. The molecule has 0 saturated heterocycles. The average Bonchev–Trinajstić information content (AvgIpc) is 2.72. The minimum absolute atomic E-state index is 0.0235. The van der Waals surface area contributed by atoms with Crippen molar-refractivity contribution in [2.24, 2.45) is 0 Å². The summed E-state index contributed by atoms with van der Waals surface area (Å²) in [5.41, 5.74) is 4.40. The predicted octanol–water partition coefficient (Wildman–Crippen LogP) is 4.84. The van der Waals surface area contributed by atoms with Crippen molar-refractivity contribution in [3.8, 4) is 5.75 Å². The zero-order valence-corrected chi connectivity index (χ0v) is 15.8. The van der Waals surface area contributed by atoms with E-state index in [4.69, 9.17) is 4.74 Å². The highest BCUT2D eigenvalue weighted by molar-refractivity contribution is 5.77. The van der Waals surface area contributed by atoms with Crippen molar-refractivity contribution in [3.63, 3.8) is 0 Å². The molecule has 3 heteroatoms. The molecule has 138 valence electrons. The first-order valence-electron chi connectivity index (χ1n) is 9.20. The van der Waals surface area contributed by atoms with E-state index >= 15 is 0 Å². The molecule has 3 nitrogen and oxygen atoms in total. The number of para-hydroxylation sites is 1. The Morgan fingerprint density at radius 2 is 1.52 bits per heavy atom. The lowest BCUT2D eigenvalue weighted by Gasteiger charge is -2.20. The lowest BCUT2D eigenvalue weighted by Crippen LogP contribution is -2.29. The molecule has 0 saturated carbocycles. The van der Waals surface area contributed by atoms with Crippen LogP contribution in [0.4, 0.5) is 0 Å². The maximum Gasteiger partial charge on any atom is 0.221 e. The average molecular weight is 359 g/mol. The minimum Gasteiger partial charge on any atom is -0.496 e. The second kappa shape index (κ2) is 9.04. The number of amides is 1. The van der Waals surface area contributed by atoms with Crippen LogP contribution in [0.1, 0.15) is 34.7 Å². The third-order valence-electron chi connectivity index (χ3n) is 4.66. The molecule has 0 bridgehead atoms. The summed E-state index contributed by atoms with van der Waals surface area (Å²) in [5.74, 6) is 0.846. The van der Waals surface area contributed by atoms with Gasteiger partial charge in [-0.25, -0.2) is 0 Å². The van der Waals surface area contributed by atoms with Gasteiger partial charge in [0.2, 0.25) is 5.91 Å². The van der Waals surface area contributed by atoms with Crippen LogP contribution in [-0.4, -0.2) is 13.0 Å². The van der Waals surface area contributed by atoms with Crippen molar-refractivity contribution < 1.29 is 9.53 Å². The molecule has 1 amide bonds. The molecule has 0 fully saturated rings. The number of carbonyl (C=O) groups excluding carboxylic acids is 1. The summed E-state index contributed by atoms with van der Waals surface area (Å²) in [6, 6.07) is 26.0. The summed E-state index contributed by atoms with van der Waals surface area (Å²) in [7, 11) is 1.65. The number of ether oxygens (including phenoxy) is 1. The van der Waals surface area contributed by atoms with Crippen LogP contribution in [0, 0.1) is 6.92 Å². The number of benzene rings is 3. The van der Waals surface area contributed by atoms with Gasteiger partial charge in [-0.15, -0.1) is 0 Å². The first-order valence-corrected chi connectivity index (χ1v) is 9.20. The summed E-state index contributed by atoms with van der Waals surface area (Å²) in [6.45, 7) is 2.06. The van der Waals surface area contributed by atoms with Gasteiger partial charge in [0.1, 0.15) is 5.75 Å². The molecule has 0 aliphatic carbocycles. The lowest BCUT2D eigenvalue weighted by atomic mass is 9.97. The zero-order chi connectivity index (χ0) is 19.1. The van der Waals surface area contributed by atoms with Crippen LogP contribution in [0.5, 0.6) is 5.75 Å². The van der Waals surface area contributed by atoms with E-state index in [0.29, 0.717) is 12.8 Å². The fourth-order valence-electron chi connectivity index (χ4n) is 3.15. The molecule has 1 atom stereocenters. The summed E-state index contributed by atoms with van der Waals surface area (Å²) in [4.78, 5) is 12.7. The largest absolute Gasteiger partial charge is 0.496 e. The van der Waals surface area contributed by atoms with Gasteiger partial charge in [-0.2, -0.15) is 0 Å². The molecule has 0 heterocycles.